The van der Waals surface area contributed by atoms with Crippen LogP contribution in [0.2, 0.25) is 0 Å². The summed E-state index contributed by atoms with van der Waals surface area (Å²) < 4.78 is 39.1. The Bertz CT molecular complexity index is 1340. The van der Waals surface area contributed by atoms with Crippen LogP contribution in [0.5, 0.6) is 0 Å². The number of nitrogens with one attached hydrogen (secondary N) is 1. The number of rotatable bonds is 5. The van der Waals surface area contributed by atoms with E-state index in [2.05, 4.69) is 11.2 Å². The number of hydrogen-bond donors (Lipinski definition) is 2. The minimum absolute atomic E-state index is 0.0158. The van der Waals surface area contributed by atoms with Crippen LogP contribution < -0.4 is 5.32 Å². The summed E-state index contributed by atoms with van der Waals surface area (Å²) in [6.07, 6.45) is 4.51. The summed E-state index contributed by atoms with van der Waals surface area (Å²) in [5.41, 5.74) is 2.91. The Morgan fingerprint density at radius 1 is 1.24 bits per heavy atom. The maximum absolute atomic E-state index is 12.5. The maximum Gasteiger partial charge on any atom is 0.411 e. The number of terminal acetylenes is 1. The van der Waals surface area contributed by atoms with Crippen LogP contribution in [0.15, 0.2) is 41.3 Å². The van der Waals surface area contributed by atoms with Crippen LogP contribution in [0.25, 0.3) is 11.1 Å². The van der Waals surface area contributed by atoms with Gasteiger partial charge in [0.1, 0.15) is 12.1 Å². The summed E-state index contributed by atoms with van der Waals surface area (Å²) in [5.74, 6) is 1.54. The van der Waals surface area contributed by atoms with E-state index in [1.807, 2.05) is 0 Å². The van der Waals surface area contributed by atoms with Gasteiger partial charge in [-0.05, 0) is 53.3 Å². The number of hydrogen-bond acceptors (Lipinski definition) is 6. The molecule has 0 radical (unpaired) electrons. The fourth-order valence-corrected chi connectivity index (χ4v) is 5.17. The zero-order valence-electron chi connectivity index (χ0n) is 18.3. The molecule has 2 atom stereocenters. The van der Waals surface area contributed by atoms with E-state index in [9.17, 15) is 27.4 Å². The van der Waals surface area contributed by atoms with Crippen molar-refractivity contribution < 1.29 is 32.1 Å². The number of benzene rings is 2. The van der Waals surface area contributed by atoms with E-state index in [1.165, 1.54) is 11.0 Å². The lowest BCUT2D eigenvalue weighted by atomic mass is 9.91. The molecule has 2 aromatic rings. The number of amides is 3. The van der Waals surface area contributed by atoms with Gasteiger partial charge in [0.25, 0.3) is 10.1 Å². The topological polar surface area (TPSA) is 130 Å². The number of aryl methyl sites for hydroxylation is 1. The Morgan fingerprint density at radius 2 is 2.00 bits per heavy atom. The van der Waals surface area contributed by atoms with Crippen molar-refractivity contribution in [2.45, 2.75) is 43.2 Å². The van der Waals surface area contributed by atoms with E-state index in [1.54, 1.807) is 37.3 Å². The molecule has 0 spiro atoms. The molecule has 2 heterocycles. The lowest BCUT2D eigenvalue weighted by Crippen LogP contribution is -2.52. The molecule has 0 bridgehead atoms. The molecule has 2 N–H and O–H groups in total. The predicted molar refractivity (Wildman–Crippen MR) is 121 cm³/mol. The van der Waals surface area contributed by atoms with Gasteiger partial charge >= 0.3 is 6.09 Å². The van der Waals surface area contributed by atoms with Gasteiger partial charge in [0, 0.05) is 12.8 Å². The Hall–Kier alpha value is -3.68. The van der Waals surface area contributed by atoms with E-state index in [0.29, 0.717) is 22.3 Å². The first-order chi connectivity index (χ1) is 16.1. The molecule has 2 aliphatic rings. The van der Waals surface area contributed by atoms with Crippen LogP contribution in [-0.4, -0.2) is 48.4 Å². The van der Waals surface area contributed by atoms with Crippen LogP contribution in [-0.2, 0) is 30.9 Å². The predicted octanol–water partition coefficient (Wildman–Crippen LogP) is 2.38. The second-order valence-electron chi connectivity index (χ2n) is 8.21. The molecular weight excluding hydrogens is 460 g/mol. The summed E-state index contributed by atoms with van der Waals surface area (Å²) in [7, 11) is -4.50. The molecule has 3 amide bonds. The normalized spacial score (nSPS) is 20.6. The first kappa shape index (κ1) is 23.5. The molecule has 0 saturated carbocycles. The quantitative estimate of drug-likeness (QED) is 0.380. The molecular formula is C24H22N2O7S. The molecule has 0 aromatic heterocycles. The number of ether oxygens (including phenoxy) is 1. The highest BCUT2D eigenvalue weighted by atomic mass is 32.2. The monoisotopic (exact) mass is 482 g/mol. The van der Waals surface area contributed by atoms with Crippen LogP contribution in [0.1, 0.15) is 35.6 Å². The molecule has 2 saturated heterocycles. The maximum atomic E-state index is 12.5. The van der Waals surface area contributed by atoms with Gasteiger partial charge in [-0.25, -0.2) is 4.79 Å². The van der Waals surface area contributed by atoms with Crippen molar-refractivity contribution in [2.24, 2.45) is 0 Å². The van der Waals surface area contributed by atoms with Gasteiger partial charge in [0.15, 0.2) is 0 Å². The van der Waals surface area contributed by atoms with Crippen molar-refractivity contribution in [3.05, 3.63) is 53.1 Å². The van der Waals surface area contributed by atoms with Crippen LogP contribution >= 0.6 is 0 Å². The second-order valence-corrected chi connectivity index (χ2v) is 9.60. The number of cyclic esters (lactones) is 1. The first-order valence-electron chi connectivity index (χ1n) is 10.5. The number of carbonyl (C=O) groups excluding carboxylic acids is 3. The van der Waals surface area contributed by atoms with Gasteiger partial charge in [0.2, 0.25) is 11.8 Å². The zero-order valence-corrected chi connectivity index (χ0v) is 19.1. The fraction of sp³-hybridized carbons (Fsp3) is 0.292. The first-order valence-corrected chi connectivity index (χ1v) is 12.0. The van der Waals surface area contributed by atoms with Crippen LogP contribution in [0.3, 0.4) is 0 Å². The molecule has 2 fully saturated rings. The van der Waals surface area contributed by atoms with Crippen molar-refractivity contribution in [3.63, 3.8) is 0 Å². The molecule has 9 nitrogen and oxygen atoms in total. The van der Waals surface area contributed by atoms with Gasteiger partial charge in [-0.3, -0.25) is 24.4 Å². The van der Waals surface area contributed by atoms with E-state index >= 15 is 0 Å². The number of carbonyl (C=O) groups is 3. The van der Waals surface area contributed by atoms with Crippen molar-refractivity contribution in [1.29, 1.82) is 0 Å². The van der Waals surface area contributed by atoms with Gasteiger partial charge in [-0.2, -0.15) is 8.42 Å². The largest absolute Gasteiger partial charge is 0.439 e. The molecule has 0 aliphatic carbocycles. The molecule has 1 unspecified atom stereocenters. The van der Waals surface area contributed by atoms with Crippen molar-refractivity contribution in [3.8, 4) is 23.5 Å². The third kappa shape index (κ3) is 4.40. The molecule has 2 aliphatic heterocycles. The minimum Gasteiger partial charge on any atom is -0.439 e. The van der Waals surface area contributed by atoms with E-state index in [0.717, 1.165) is 5.56 Å². The van der Waals surface area contributed by atoms with Crippen LogP contribution in [0.4, 0.5) is 4.79 Å². The third-order valence-corrected chi connectivity index (χ3v) is 6.95. The van der Waals surface area contributed by atoms with Crippen molar-refractivity contribution in [2.75, 3.05) is 6.54 Å². The Morgan fingerprint density at radius 3 is 2.68 bits per heavy atom. The smallest absolute Gasteiger partial charge is 0.411 e. The van der Waals surface area contributed by atoms with E-state index in [-0.39, 0.29) is 36.6 Å². The lowest BCUT2D eigenvalue weighted by molar-refractivity contribution is -0.136. The Kier molecular flexibility index (Phi) is 6.17. The number of imide groups is 1. The molecule has 4 rings (SSSR count). The summed E-state index contributed by atoms with van der Waals surface area (Å²) in [6, 6.07) is 9.17. The van der Waals surface area contributed by atoms with Crippen molar-refractivity contribution >= 4 is 28.0 Å². The van der Waals surface area contributed by atoms with Crippen LogP contribution in [0, 0.1) is 19.3 Å². The standard InChI is InChI=1S/C24H22N2O7S/c1-3-5-17-20(34(30,31)32)10-8-14(2)22(17)16-7-4-6-15(12-16)19-13-26(24(29)33-19)18-9-11-21(27)25-23(18)28/h1,4,6-8,10,12,18-19H,5,9,11,13H2,2H3,(H,25,27,28)(H,30,31,32)/t18?,19-/m1/s1. The summed E-state index contributed by atoms with van der Waals surface area (Å²) >= 11 is 0. The Balaban J connectivity index is 1.69. The van der Waals surface area contributed by atoms with Gasteiger partial charge < -0.3 is 4.74 Å². The van der Waals surface area contributed by atoms with Crippen molar-refractivity contribution in [1.82, 2.24) is 10.2 Å². The zero-order chi connectivity index (χ0) is 24.6. The Labute approximate surface area is 196 Å². The fourth-order valence-electron chi connectivity index (χ4n) is 4.45. The number of piperidine rings is 1. The van der Waals surface area contributed by atoms with E-state index < -0.39 is 34.3 Å². The summed E-state index contributed by atoms with van der Waals surface area (Å²) in [6.45, 7) is 1.92. The van der Waals surface area contributed by atoms with Gasteiger partial charge in [-0.15, -0.1) is 12.3 Å². The molecule has 10 heteroatoms. The highest BCUT2D eigenvalue weighted by Crippen LogP contribution is 2.36. The summed E-state index contributed by atoms with van der Waals surface area (Å²) in [4.78, 5) is 37.2. The second kappa shape index (κ2) is 8.93. The van der Waals surface area contributed by atoms with Gasteiger partial charge in [-0.1, -0.05) is 24.3 Å². The molecule has 176 valence electrons. The molecule has 2 aromatic carbocycles. The van der Waals surface area contributed by atoms with Gasteiger partial charge in [0.05, 0.1) is 11.4 Å². The highest BCUT2D eigenvalue weighted by molar-refractivity contribution is 7.85. The third-order valence-electron chi connectivity index (χ3n) is 6.01. The average Bonchev–Trinajstić information content (AvgIpc) is 3.15. The average molecular weight is 483 g/mol. The lowest BCUT2D eigenvalue weighted by Gasteiger charge is -2.27. The number of nitrogens with zero attached hydrogens (tertiary/aromatic N) is 1. The summed E-state index contributed by atoms with van der Waals surface area (Å²) in [5, 5.41) is 2.24. The van der Waals surface area contributed by atoms with E-state index in [4.69, 9.17) is 11.2 Å². The minimum atomic E-state index is -4.50. The molecule has 34 heavy (non-hydrogen) atoms. The SMILES string of the molecule is C#CCc1c(S(=O)(=O)O)ccc(C)c1-c1cccc([C@H]2CN(C3CCC(=O)NC3=O)C(=O)O2)c1. The highest BCUT2D eigenvalue weighted by Gasteiger charge is 2.42.